The topological polar surface area (TPSA) is 58.6 Å². The van der Waals surface area contributed by atoms with E-state index in [9.17, 15) is 9.59 Å². The minimum absolute atomic E-state index is 0.0154. The molecule has 2 amide bonds. The van der Waals surface area contributed by atoms with Gasteiger partial charge in [0.1, 0.15) is 0 Å². The van der Waals surface area contributed by atoms with Crippen LogP contribution >= 0.6 is 23.4 Å². The lowest BCUT2D eigenvalue weighted by Crippen LogP contribution is -2.52. The molecule has 0 spiro atoms. The maximum atomic E-state index is 12.8. The van der Waals surface area contributed by atoms with Gasteiger partial charge >= 0.3 is 0 Å². The zero-order valence-electron chi connectivity index (χ0n) is 15.6. The van der Waals surface area contributed by atoms with Crippen molar-refractivity contribution in [2.24, 2.45) is 5.92 Å². The highest BCUT2D eigenvalue weighted by molar-refractivity contribution is 8.04. The maximum absolute atomic E-state index is 12.8. The molecular formula is C20H25ClN2O3S. The number of methoxy groups -OCH3 is 1. The van der Waals surface area contributed by atoms with Crippen LogP contribution in [-0.4, -0.2) is 55.3 Å². The van der Waals surface area contributed by atoms with E-state index in [2.05, 4.69) is 5.32 Å². The number of likely N-dealkylation sites (N-methyl/N-ethyl adjacent to an activating group) is 1. The van der Waals surface area contributed by atoms with Crippen LogP contribution in [0.25, 0.3) is 6.08 Å². The van der Waals surface area contributed by atoms with Gasteiger partial charge in [-0.15, -0.1) is 11.8 Å². The number of ether oxygens (including phenoxy) is 1. The van der Waals surface area contributed by atoms with Crippen LogP contribution in [0.1, 0.15) is 24.8 Å². The standard InChI is InChI=1S/C20H25ClN2O3S/c1-23-16-12-14(19(24)22-8-9-26-2)6-7-17(16)27-18(20(23)25)11-13-4-3-5-15(21)10-13/h3-5,10-11,14,16-17H,6-9,12H2,1-2H3,(H,22,24)/b18-11-. The van der Waals surface area contributed by atoms with Crippen molar-refractivity contribution in [3.05, 3.63) is 39.8 Å². The number of hydrogen-bond acceptors (Lipinski definition) is 4. The van der Waals surface area contributed by atoms with Crippen LogP contribution in [-0.2, 0) is 14.3 Å². The summed E-state index contributed by atoms with van der Waals surface area (Å²) in [7, 11) is 3.46. The predicted molar refractivity (Wildman–Crippen MR) is 110 cm³/mol. The molecule has 1 heterocycles. The van der Waals surface area contributed by atoms with E-state index in [1.165, 1.54) is 0 Å². The van der Waals surface area contributed by atoms with Gasteiger partial charge in [0.05, 0.1) is 11.5 Å². The van der Waals surface area contributed by atoms with Crippen LogP contribution in [0.3, 0.4) is 0 Å². The Bertz CT molecular complexity index is 740. The third-order valence-electron chi connectivity index (χ3n) is 5.18. The highest BCUT2D eigenvalue weighted by Crippen LogP contribution is 2.43. The zero-order valence-corrected chi connectivity index (χ0v) is 17.2. The molecule has 1 aliphatic carbocycles. The Hall–Kier alpha value is -1.50. The third kappa shape index (κ3) is 4.86. The molecule has 1 saturated carbocycles. The molecule has 5 nitrogen and oxygen atoms in total. The van der Waals surface area contributed by atoms with Crippen LogP contribution in [0.2, 0.25) is 5.02 Å². The number of benzene rings is 1. The monoisotopic (exact) mass is 408 g/mol. The molecule has 7 heteroatoms. The van der Waals surface area contributed by atoms with E-state index in [4.69, 9.17) is 16.3 Å². The summed E-state index contributed by atoms with van der Waals surface area (Å²) in [6.07, 6.45) is 4.39. The first-order chi connectivity index (χ1) is 13.0. The predicted octanol–water partition coefficient (Wildman–Crippen LogP) is 3.19. The number of thioether (sulfide) groups is 1. The fourth-order valence-corrected chi connectivity index (χ4v) is 5.38. The number of nitrogens with one attached hydrogen (secondary N) is 1. The molecule has 1 aromatic carbocycles. The molecule has 1 N–H and O–H groups in total. The zero-order chi connectivity index (χ0) is 19.4. The number of halogens is 1. The lowest BCUT2D eigenvalue weighted by atomic mass is 9.83. The number of amides is 2. The van der Waals surface area contributed by atoms with Gasteiger partial charge in [-0.05, 0) is 43.0 Å². The molecule has 146 valence electrons. The highest BCUT2D eigenvalue weighted by Gasteiger charge is 2.42. The average molecular weight is 409 g/mol. The summed E-state index contributed by atoms with van der Waals surface area (Å²) in [6, 6.07) is 7.59. The van der Waals surface area contributed by atoms with E-state index < -0.39 is 0 Å². The molecule has 0 aromatic heterocycles. The minimum Gasteiger partial charge on any atom is -0.383 e. The highest BCUT2D eigenvalue weighted by atomic mass is 35.5. The summed E-state index contributed by atoms with van der Waals surface area (Å²) in [5.74, 6) is 0.0377. The molecule has 1 aromatic rings. The normalized spacial score (nSPS) is 26.8. The largest absolute Gasteiger partial charge is 0.383 e. The van der Waals surface area contributed by atoms with Crippen LogP contribution < -0.4 is 5.32 Å². The van der Waals surface area contributed by atoms with Gasteiger partial charge in [0.2, 0.25) is 5.91 Å². The molecular weight excluding hydrogens is 384 g/mol. The minimum atomic E-state index is -0.0441. The van der Waals surface area contributed by atoms with E-state index in [1.54, 1.807) is 18.9 Å². The molecule has 27 heavy (non-hydrogen) atoms. The van der Waals surface area contributed by atoms with Crippen molar-refractivity contribution in [3.63, 3.8) is 0 Å². The quantitative estimate of drug-likeness (QED) is 0.600. The van der Waals surface area contributed by atoms with Crippen molar-refractivity contribution in [1.82, 2.24) is 10.2 Å². The molecule has 3 atom stereocenters. The van der Waals surface area contributed by atoms with Crippen LogP contribution in [0.15, 0.2) is 29.2 Å². The molecule has 2 fully saturated rings. The molecule has 3 unspecified atom stereocenters. The van der Waals surface area contributed by atoms with Crippen molar-refractivity contribution < 1.29 is 14.3 Å². The van der Waals surface area contributed by atoms with Crippen molar-refractivity contribution in [2.75, 3.05) is 27.3 Å². The summed E-state index contributed by atoms with van der Waals surface area (Å²) in [5, 5.41) is 3.90. The van der Waals surface area contributed by atoms with Crippen molar-refractivity contribution in [2.45, 2.75) is 30.6 Å². The third-order valence-corrected chi connectivity index (χ3v) is 6.82. The first-order valence-corrected chi connectivity index (χ1v) is 10.4. The first kappa shape index (κ1) is 20.2. The van der Waals surface area contributed by atoms with E-state index >= 15 is 0 Å². The lowest BCUT2D eigenvalue weighted by molar-refractivity contribution is -0.132. The summed E-state index contributed by atoms with van der Waals surface area (Å²) < 4.78 is 4.98. The molecule has 2 aliphatic rings. The van der Waals surface area contributed by atoms with Crippen molar-refractivity contribution in [3.8, 4) is 0 Å². The Morgan fingerprint density at radius 3 is 3.00 bits per heavy atom. The second kappa shape index (κ2) is 9.13. The number of carbonyl (C=O) groups is 2. The van der Waals surface area contributed by atoms with E-state index in [0.29, 0.717) is 29.8 Å². The molecule has 3 rings (SSSR count). The van der Waals surface area contributed by atoms with Gasteiger partial charge < -0.3 is 15.0 Å². The van der Waals surface area contributed by atoms with Gasteiger partial charge in [0.15, 0.2) is 0 Å². The Morgan fingerprint density at radius 2 is 2.26 bits per heavy atom. The van der Waals surface area contributed by atoms with Gasteiger partial charge in [-0.25, -0.2) is 0 Å². The summed E-state index contributed by atoms with van der Waals surface area (Å²) in [6.45, 7) is 1.03. The second-order valence-corrected chi connectivity index (χ2v) is 8.71. The Kier molecular flexibility index (Phi) is 6.84. The fourth-order valence-electron chi connectivity index (χ4n) is 3.70. The second-order valence-electron chi connectivity index (χ2n) is 7.00. The number of nitrogens with zero attached hydrogens (tertiary/aromatic N) is 1. The van der Waals surface area contributed by atoms with E-state index in [-0.39, 0.29) is 23.8 Å². The SMILES string of the molecule is COCCNC(=O)C1CCC2S/C(=C\c3cccc(Cl)c3)C(=O)N(C)C2C1. The van der Waals surface area contributed by atoms with Gasteiger partial charge in [-0.2, -0.15) is 0 Å². The summed E-state index contributed by atoms with van der Waals surface area (Å²) in [4.78, 5) is 27.8. The Labute approximate surface area is 169 Å². The Morgan fingerprint density at radius 1 is 1.44 bits per heavy atom. The molecule has 1 aliphatic heterocycles. The van der Waals surface area contributed by atoms with Crippen LogP contribution in [0.5, 0.6) is 0 Å². The van der Waals surface area contributed by atoms with Crippen LogP contribution in [0.4, 0.5) is 0 Å². The lowest BCUT2D eigenvalue weighted by Gasteiger charge is -2.44. The van der Waals surface area contributed by atoms with Gasteiger partial charge in [-0.3, -0.25) is 9.59 Å². The number of fused-ring (bicyclic) bond motifs is 1. The summed E-state index contributed by atoms with van der Waals surface area (Å²) >= 11 is 7.69. The maximum Gasteiger partial charge on any atom is 0.260 e. The molecule has 0 radical (unpaired) electrons. The van der Waals surface area contributed by atoms with Crippen molar-refractivity contribution in [1.29, 1.82) is 0 Å². The Balaban J connectivity index is 1.68. The first-order valence-electron chi connectivity index (χ1n) is 9.17. The van der Waals surface area contributed by atoms with E-state index in [1.807, 2.05) is 42.3 Å². The molecule has 0 bridgehead atoms. The number of rotatable bonds is 5. The fraction of sp³-hybridized carbons (Fsp3) is 0.500. The van der Waals surface area contributed by atoms with Crippen molar-refractivity contribution >= 4 is 41.3 Å². The smallest absolute Gasteiger partial charge is 0.260 e. The number of hydrogen-bond donors (Lipinski definition) is 1. The van der Waals surface area contributed by atoms with Gasteiger partial charge in [0, 0.05) is 42.9 Å². The van der Waals surface area contributed by atoms with Gasteiger partial charge in [-0.1, -0.05) is 23.7 Å². The summed E-state index contributed by atoms with van der Waals surface area (Å²) in [5.41, 5.74) is 0.927. The van der Waals surface area contributed by atoms with Gasteiger partial charge in [0.25, 0.3) is 5.91 Å². The average Bonchev–Trinajstić information content (AvgIpc) is 2.66. The molecule has 1 saturated heterocycles. The van der Waals surface area contributed by atoms with Crippen LogP contribution in [0, 0.1) is 5.92 Å². The number of carbonyl (C=O) groups excluding carboxylic acids is 2. The van der Waals surface area contributed by atoms with E-state index in [0.717, 1.165) is 23.3 Å².